The summed E-state index contributed by atoms with van der Waals surface area (Å²) >= 11 is 0. The third-order valence-electron chi connectivity index (χ3n) is 4.36. The van der Waals surface area contributed by atoms with Gasteiger partial charge in [0, 0.05) is 37.4 Å². The standard InChI is InChI=1S/C18H24N2O5/c1-2-16(21)20-14-5-3-4-13(10-14)17(22)19-11-15(18(23)24)12-6-8-25-9-7-12/h3-5,10,12,15H,2,6-9,11H2,1H3,(H,19,22)(H,20,21)(H,23,24). The lowest BCUT2D eigenvalue weighted by atomic mass is 9.86. The average Bonchev–Trinajstić information content (AvgIpc) is 2.62. The van der Waals surface area contributed by atoms with Crippen LogP contribution in [0.1, 0.15) is 36.5 Å². The molecule has 1 aliphatic rings. The van der Waals surface area contributed by atoms with E-state index in [1.165, 1.54) is 0 Å². The molecule has 0 radical (unpaired) electrons. The quantitative estimate of drug-likeness (QED) is 0.698. The van der Waals surface area contributed by atoms with Crippen LogP contribution in [0.3, 0.4) is 0 Å². The molecule has 1 aromatic carbocycles. The number of hydrogen-bond donors (Lipinski definition) is 3. The molecule has 0 spiro atoms. The molecule has 3 N–H and O–H groups in total. The molecule has 0 saturated carbocycles. The Morgan fingerprint density at radius 2 is 2.00 bits per heavy atom. The summed E-state index contributed by atoms with van der Waals surface area (Å²) in [5.74, 6) is -2.03. The van der Waals surface area contributed by atoms with Gasteiger partial charge in [0.2, 0.25) is 5.91 Å². The van der Waals surface area contributed by atoms with Crippen LogP contribution in [0.2, 0.25) is 0 Å². The van der Waals surface area contributed by atoms with Gasteiger partial charge in [-0.25, -0.2) is 0 Å². The van der Waals surface area contributed by atoms with Crippen LogP contribution < -0.4 is 10.6 Å². The first-order chi connectivity index (χ1) is 12.0. The highest BCUT2D eigenvalue weighted by atomic mass is 16.5. The number of benzene rings is 1. The van der Waals surface area contributed by atoms with Gasteiger partial charge in [0.05, 0.1) is 5.92 Å². The number of aliphatic carboxylic acids is 1. The van der Waals surface area contributed by atoms with Gasteiger partial charge in [-0.1, -0.05) is 13.0 Å². The number of carbonyl (C=O) groups is 3. The van der Waals surface area contributed by atoms with Crippen molar-refractivity contribution in [3.63, 3.8) is 0 Å². The van der Waals surface area contributed by atoms with E-state index in [4.69, 9.17) is 4.74 Å². The van der Waals surface area contributed by atoms with E-state index in [0.29, 0.717) is 43.7 Å². The first-order valence-electron chi connectivity index (χ1n) is 8.50. The summed E-state index contributed by atoms with van der Waals surface area (Å²) in [5.41, 5.74) is 0.920. The van der Waals surface area contributed by atoms with Gasteiger partial charge >= 0.3 is 5.97 Å². The molecule has 1 aromatic rings. The third kappa shape index (κ3) is 5.56. The van der Waals surface area contributed by atoms with Crippen molar-refractivity contribution in [3.8, 4) is 0 Å². The maximum Gasteiger partial charge on any atom is 0.308 e. The Kier molecular flexibility index (Phi) is 6.94. The number of anilines is 1. The molecule has 7 heteroatoms. The molecule has 1 heterocycles. The number of hydrogen-bond acceptors (Lipinski definition) is 4. The first kappa shape index (κ1) is 18.9. The van der Waals surface area contributed by atoms with Gasteiger partial charge in [0.15, 0.2) is 0 Å². The van der Waals surface area contributed by atoms with E-state index in [2.05, 4.69) is 10.6 Å². The van der Waals surface area contributed by atoms with E-state index in [1.807, 2.05) is 0 Å². The van der Waals surface area contributed by atoms with E-state index in [0.717, 1.165) is 0 Å². The zero-order chi connectivity index (χ0) is 18.2. The van der Waals surface area contributed by atoms with Gasteiger partial charge in [0.25, 0.3) is 5.91 Å². The minimum Gasteiger partial charge on any atom is -0.481 e. The van der Waals surface area contributed by atoms with E-state index >= 15 is 0 Å². The largest absolute Gasteiger partial charge is 0.481 e. The number of carboxylic acid groups (broad SMARTS) is 1. The monoisotopic (exact) mass is 348 g/mol. The number of carbonyl (C=O) groups excluding carboxylic acids is 2. The fourth-order valence-corrected chi connectivity index (χ4v) is 2.87. The number of amides is 2. The molecule has 25 heavy (non-hydrogen) atoms. The van der Waals surface area contributed by atoms with Crippen molar-refractivity contribution >= 4 is 23.5 Å². The SMILES string of the molecule is CCC(=O)Nc1cccc(C(=O)NCC(C(=O)O)C2CCOCC2)c1. The Morgan fingerprint density at radius 3 is 2.64 bits per heavy atom. The van der Waals surface area contributed by atoms with Crippen molar-refractivity contribution in [2.45, 2.75) is 26.2 Å². The summed E-state index contributed by atoms with van der Waals surface area (Å²) in [4.78, 5) is 35.3. The van der Waals surface area contributed by atoms with Crippen LogP contribution in [0.5, 0.6) is 0 Å². The lowest BCUT2D eigenvalue weighted by molar-refractivity contribution is -0.144. The van der Waals surface area contributed by atoms with Crippen molar-refractivity contribution in [1.29, 1.82) is 0 Å². The molecule has 1 atom stereocenters. The van der Waals surface area contributed by atoms with Crippen LogP contribution in [0.4, 0.5) is 5.69 Å². The van der Waals surface area contributed by atoms with Crippen molar-refractivity contribution in [1.82, 2.24) is 5.32 Å². The molecule has 0 bridgehead atoms. The smallest absolute Gasteiger partial charge is 0.308 e. The molecule has 0 aromatic heterocycles. The number of ether oxygens (including phenoxy) is 1. The fourth-order valence-electron chi connectivity index (χ4n) is 2.87. The third-order valence-corrected chi connectivity index (χ3v) is 4.36. The van der Waals surface area contributed by atoms with E-state index in [9.17, 15) is 19.5 Å². The molecule has 1 fully saturated rings. The van der Waals surface area contributed by atoms with Crippen LogP contribution in [0.25, 0.3) is 0 Å². The van der Waals surface area contributed by atoms with Crippen molar-refractivity contribution in [2.75, 3.05) is 25.1 Å². The Balaban J connectivity index is 1.97. The maximum absolute atomic E-state index is 12.3. The first-order valence-corrected chi connectivity index (χ1v) is 8.50. The van der Waals surface area contributed by atoms with Gasteiger partial charge in [-0.2, -0.15) is 0 Å². The highest BCUT2D eigenvalue weighted by Crippen LogP contribution is 2.24. The predicted octanol–water partition coefficient (Wildman–Crippen LogP) is 1.89. The number of nitrogens with one attached hydrogen (secondary N) is 2. The summed E-state index contributed by atoms with van der Waals surface area (Å²) in [5, 5.41) is 14.8. The van der Waals surface area contributed by atoms with Gasteiger partial charge in [-0.05, 0) is 37.0 Å². The molecule has 1 saturated heterocycles. The van der Waals surface area contributed by atoms with Crippen LogP contribution in [-0.2, 0) is 14.3 Å². The molecule has 7 nitrogen and oxygen atoms in total. The average molecular weight is 348 g/mol. The Labute approximate surface area is 146 Å². The van der Waals surface area contributed by atoms with Crippen molar-refractivity contribution < 1.29 is 24.2 Å². The fraction of sp³-hybridized carbons (Fsp3) is 0.500. The summed E-state index contributed by atoms with van der Waals surface area (Å²) in [6.07, 6.45) is 1.72. The highest BCUT2D eigenvalue weighted by Gasteiger charge is 2.30. The van der Waals surface area contributed by atoms with Gasteiger partial charge in [-0.3, -0.25) is 14.4 Å². The molecule has 136 valence electrons. The van der Waals surface area contributed by atoms with Gasteiger partial charge in [-0.15, -0.1) is 0 Å². The molecule has 1 unspecified atom stereocenters. The minimum atomic E-state index is -0.906. The minimum absolute atomic E-state index is 0.00160. The lowest BCUT2D eigenvalue weighted by Gasteiger charge is -2.27. The topological polar surface area (TPSA) is 105 Å². The molecular weight excluding hydrogens is 324 g/mol. The van der Waals surface area contributed by atoms with Crippen LogP contribution >= 0.6 is 0 Å². The normalized spacial score (nSPS) is 16.0. The zero-order valence-corrected chi connectivity index (χ0v) is 14.3. The molecule has 0 aliphatic carbocycles. The molecular formula is C18H24N2O5. The van der Waals surface area contributed by atoms with E-state index in [-0.39, 0.29) is 24.3 Å². The second kappa shape index (κ2) is 9.17. The Hall–Kier alpha value is -2.41. The molecule has 2 rings (SSSR count). The second-order valence-corrected chi connectivity index (χ2v) is 6.09. The number of carboxylic acids is 1. The van der Waals surface area contributed by atoms with Crippen molar-refractivity contribution in [2.24, 2.45) is 11.8 Å². The summed E-state index contributed by atoms with van der Waals surface area (Å²) in [7, 11) is 0. The summed E-state index contributed by atoms with van der Waals surface area (Å²) < 4.78 is 5.26. The van der Waals surface area contributed by atoms with Gasteiger partial charge in [0.1, 0.15) is 0 Å². The molecule has 1 aliphatic heterocycles. The highest BCUT2D eigenvalue weighted by molar-refractivity contribution is 5.97. The van der Waals surface area contributed by atoms with Crippen LogP contribution in [-0.4, -0.2) is 42.6 Å². The summed E-state index contributed by atoms with van der Waals surface area (Å²) in [6.45, 7) is 2.93. The van der Waals surface area contributed by atoms with Gasteiger partial charge < -0.3 is 20.5 Å². The van der Waals surface area contributed by atoms with E-state index < -0.39 is 11.9 Å². The maximum atomic E-state index is 12.3. The summed E-state index contributed by atoms with van der Waals surface area (Å²) in [6, 6.07) is 6.58. The Bertz CT molecular complexity index is 626. The van der Waals surface area contributed by atoms with E-state index in [1.54, 1.807) is 31.2 Å². The van der Waals surface area contributed by atoms with Crippen molar-refractivity contribution in [3.05, 3.63) is 29.8 Å². The number of rotatable bonds is 7. The zero-order valence-electron chi connectivity index (χ0n) is 14.3. The second-order valence-electron chi connectivity index (χ2n) is 6.09. The van der Waals surface area contributed by atoms with Crippen LogP contribution in [0.15, 0.2) is 24.3 Å². The van der Waals surface area contributed by atoms with Crippen LogP contribution in [0, 0.1) is 11.8 Å². The Morgan fingerprint density at radius 1 is 1.28 bits per heavy atom. The molecule has 2 amide bonds. The predicted molar refractivity (Wildman–Crippen MR) is 92.4 cm³/mol. The lowest BCUT2D eigenvalue weighted by Crippen LogP contribution is -2.39.